The molecule has 0 N–H and O–H groups in total. The fraction of sp³-hybridized carbons (Fsp3) is 0.167. The summed E-state index contributed by atoms with van der Waals surface area (Å²) in [6.45, 7) is 0. The number of benzene rings is 1. The number of ether oxygens (including phenoxy) is 1. The fourth-order valence-electron chi connectivity index (χ4n) is 1.47. The number of nitrogens with zero attached hydrogens (tertiary/aromatic N) is 2. The Balaban J connectivity index is 2.49. The van der Waals surface area contributed by atoms with Crippen LogP contribution < -0.4 is 4.74 Å². The molecule has 2 rings (SSSR count). The van der Waals surface area contributed by atoms with Gasteiger partial charge in [0.25, 0.3) is 0 Å². The van der Waals surface area contributed by atoms with Gasteiger partial charge in [-0.15, -0.1) is 5.10 Å². The third-order valence-electron chi connectivity index (χ3n) is 2.38. The molecule has 0 amide bonds. The van der Waals surface area contributed by atoms with E-state index >= 15 is 0 Å². The fourth-order valence-corrected chi connectivity index (χ4v) is 1.47. The molecule has 0 aliphatic carbocycles. The van der Waals surface area contributed by atoms with Gasteiger partial charge < -0.3 is 4.74 Å². The molecule has 0 aliphatic heterocycles. The summed E-state index contributed by atoms with van der Waals surface area (Å²) < 4.78 is 80.8. The van der Waals surface area contributed by atoms with Crippen LogP contribution in [0.3, 0.4) is 0 Å². The summed E-state index contributed by atoms with van der Waals surface area (Å²) in [7, 11) is 0. The molecule has 1 heterocycles. The Morgan fingerprint density at radius 2 is 1.62 bits per heavy atom. The number of halogens is 6. The molecule has 1 aromatic heterocycles. The van der Waals surface area contributed by atoms with E-state index < -0.39 is 29.2 Å². The molecule has 0 saturated heterocycles. The minimum atomic E-state index is -4.86. The Hall–Kier alpha value is -2.32. The second-order valence-electron chi connectivity index (χ2n) is 3.87. The summed E-state index contributed by atoms with van der Waals surface area (Å²) in [6, 6.07) is 3.43. The minimum absolute atomic E-state index is 0.275. The van der Waals surface area contributed by atoms with Gasteiger partial charge in [0.1, 0.15) is 5.75 Å². The van der Waals surface area contributed by atoms with E-state index in [0.717, 1.165) is 0 Å². The Kier molecular flexibility index (Phi) is 3.75. The van der Waals surface area contributed by atoms with Crippen LogP contribution in [-0.4, -0.2) is 10.2 Å². The van der Waals surface area contributed by atoms with E-state index in [4.69, 9.17) is 4.74 Å². The van der Waals surface area contributed by atoms with E-state index in [0.29, 0.717) is 12.1 Å². The Bertz CT molecular complexity index is 624. The van der Waals surface area contributed by atoms with Crippen molar-refractivity contribution >= 4 is 0 Å². The largest absolute Gasteiger partial charge is 0.437 e. The maximum atomic E-state index is 12.8. The van der Waals surface area contributed by atoms with Gasteiger partial charge >= 0.3 is 12.4 Å². The van der Waals surface area contributed by atoms with Gasteiger partial charge in [-0.3, -0.25) is 0 Å². The van der Waals surface area contributed by atoms with Gasteiger partial charge in [0.2, 0.25) is 5.88 Å². The van der Waals surface area contributed by atoms with Crippen LogP contribution >= 0.6 is 0 Å². The maximum absolute atomic E-state index is 12.8. The van der Waals surface area contributed by atoms with Crippen LogP contribution in [0, 0.1) is 0 Å². The minimum Gasteiger partial charge on any atom is -0.437 e. The second-order valence-corrected chi connectivity index (χ2v) is 3.87. The number of rotatable bonds is 2. The molecular formula is C12H6F6N2O. The summed E-state index contributed by atoms with van der Waals surface area (Å²) in [5, 5.41) is 6.73. The molecular weight excluding hydrogens is 302 g/mol. The smallest absolute Gasteiger partial charge is 0.419 e. The molecule has 0 saturated carbocycles. The van der Waals surface area contributed by atoms with Crippen molar-refractivity contribution < 1.29 is 31.1 Å². The molecule has 0 atom stereocenters. The lowest BCUT2D eigenvalue weighted by Crippen LogP contribution is -2.11. The third kappa shape index (κ3) is 3.61. The third-order valence-corrected chi connectivity index (χ3v) is 2.38. The van der Waals surface area contributed by atoms with Gasteiger partial charge in [0.05, 0.1) is 11.1 Å². The standard InChI is InChI=1S/C12H6F6N2O/c13-11(14,15)7-3-4-8(12(16,17)18)9(6-7)21-10-2-1-5-19-20-10/h1-6H. The molecule has 0 bridgehead atoms. The van der Waals surface area contributed by atoms with Gasteiger partial charge in [-0.05, 0) is 24.3 Å². The molecule has 3 nitrogen and oxygen atoms in total. The first-order valence-corrected chi connectivity index (χ1v) is 5.42. The van der Waals surface area contributed by atoms with Crippen molar-refractivity contribution in [2.24, 2.45) is 0 Å². The molecule has 0 unspecified atom stereocenters. The van der Waals surface area contributed by atoms with Crippen LogP contribution in [0.5, 0.6) is 11.6 Å². The number of hydrogen-bond acceptors (Lipinski definition) is 3. The molecule has 0 radical (unpaired) electrons. The van der Waals surface area contributed by atoms with E-state index in [1.807, 2.05) is 0 Å². The Morgan fingerprint density at radius 1 is 0.905 bits per heavy atom. The van der Waals surface area contributed by atoms with Gasteiger partial charge in [0, 0.05) is 12.3 Å². The first kappa shape index (κ1) is 15.1. The van der Waals surface area contributed by atoms with Crippen molar-refractivity contribution in [1.29, 1.82) is 0 Å². The van der Waals surface area contributed by atoms with E-state index in [-0.39, 0.29) is 11.9 Å². The summed E-state index contributed by atoms with van der Waals surface area (Å²) in [6.07, 6.45) is -8.41. The van der Waals surface area contributed by atoms with E-state index in [9.17, 15) is 26.3 Å². The van der Waals surface area contributed by atoms with E-state index in [1.165, 1.54) is 18.3 Å². The number of hydrogen-bond donors (Lipinski definition) is 0. The van der Waals surface area contributed by atoms with Gasteiger partial charge in [0.15, 0.2) is 0 Å². The summed E-state index contributed by atoms with van der Waals surface area (Å²) >= 11 is 0. The Labute approximate surface area is 114 Å². The highest BCUT2D eigenvalue weighted by Gasteiger charge is 2.38. The monoisotopic (exact) mass is 308 g/mol. The molecule has 0 fully saturated rings. The zero-order valence-electron chi connectivity index (χ0n) is 10.0. The lowest BCUT2D eigenvalue weighted by Gasteiger charge is -2.15. The van der Waals surface area contributed by atoms with Crippen molar-refractivity contribution in [3.63, 3.8) is 0 Å². The predicted octanol–water partition coefficient (Wildman–Crippen LogP) is 4.31. The molecule has 9 heteroatoms. The summed E-state index contributed by atoms with van der Waals surface area (Å²) in [4.78, 5) is 0. The highest BCUT2D eigenvalue weighted by molar-refractivity contribution is 5.42. The molecule has 0 aliphatic rings. The molecule has 0 spiro atoms. The maximum Gasteiger partial charge on any atom is 0.419 e. The number of aromatic nitrogens is 2. The van der Waals surface area contributed by atoms with Crippen molar-refractivity contribution in [3.8, 4) is 11.6 Å². The highest BCUT2D eigenvalue weighted by Crippen LogP contribution is 2.41. The number of alkyl halides is 6. The highest BCUT2D eigenvalue weighted by atomic mass is 19.4. The Morgan fingerprint density at radius 3 is 2.14 bits per heavy atom. The predicted molar refractivity (Wildman–Crippen MR) is 58.6 cm³/mol. The quantitative estimate of drug-likeness (QED) is 0.776. The van der Waals surface area contributed by atoms with Gasteiger partial charge in [-0.2, -0.15) is 31.4 Å². The first-order valence-electron chi connectivity index (χ1n) is 5.42. The van der Waals surface area contributed by atoms with Crippen LogP contribution in [0.1, 0.15) is 11.1 Å². The normalized spacial score (nSPS) is 12.3. The molecule has 1 aromatic carbocycles. The van der Waals surface area contributed by atoms with Crippen LogP contribution in [0.25, 0.3) is 0 Å². The molecule has 2 aromatic rings. The van der Waals surface area contributed by atoms with E-state index in [2.05, 4.69) is 10.2 Å². The lowest BCUT2D eigenvalue weighted by molar-refractivity contribution is -0.142. The van der Waals surface area contributed by atoms with Crippen molar-refractivity contribution in [2.45, 2.75) is 12.4 Å². The van der Waals surface area contributed by atoms with Crippen LogP contribution in [0.2, 0.25) is 0 Å². The average Bonchev–Trinajstić information content (AvgIpc) is 2.37. The van der Waals surface area contributed by atoms with Crippen LogP contribution in [0.4, 0.5) is 26.3 Å². The first-order chi connectivity index (χ1) is 9.68. The average molecular weight is 308 g/mol. The van der Waals surface area contributed by atoms with Gasteiger partial charge in [-0.1, -0.05) is 0 Å². The molecule has 112 valence electrons. The van der Waals surface area contributed by atoms with Crippen molar-refractivity contribution in [3.05, 3.63) is 47.7 Å². The summed E-state index contributed by atoms with van der Waals surface area (Å²) in [5.74, 6) is -1.33. The van der Waals surface area contributed by atoms with Gasteiger partial charge in [-0.25, -0.2) is 0 Å². The SMILES string of the molecule is FC(F)(F)c1ccc(C(F)(F)F)c(Oc2cccnn2)c1. The second kappa shape index (κ2) is 5.23. The topological polar surface area (TPSA) is 35.0 Å². The van der Waals surface area contributed by atoms with Crippen LogP contribution in [0.15, 0.2) is 36.5 Å². The zero-order chi connectivity index (χ0) is 15.7. The summed E-state index contributed by atoms with van der Waals surface area (Å²) in [5.41, 5.74) is -2.59. The van der Waals surface area contributed by atoms with E-state index in [1.54, 1.807) is 0 Å². The lowest BCUT2D eigenvalue weighted by atomic mass is 10.1. The van der Waals surface area contributed by atoms with Crippen molar-refractivity contribution in [2.75, 3.05) is 0 Å². The van der Waals surface area contributed by atoms with Crippen LogP contribution in [-0.2, 0) is 12.4 Å². The molecule has 21 heavy (non-hydrogen) atoms. The zero-order valence-corrected chi connectivity index (χ0v) is 10.0. The van der Waals surface area contributed by atoms with Crippen molar-refractivity contribution in [1.82, 2.24) is 10.2 Å².